The van der Waals surface area contributed by atoms with Gasteiger partial charge in [-0.15, -0.1) is 0 Å². The Hall–Kier alpha value is -1.26. The Morgan fingerprint density at radius 1 is 0.955 bits per heavy atom. The van der Waals surface area contributed by atoms with Crippen molar-refractivity contribution < 1.29 is 9.47 Å². The highest BCUT2D eigenvalue weighted by molar-refractivity contribution is 5.43. The lowest BCUT2D eigenvalue weighted by Crippen LogP contribution is -2.46. The second-order valence-electron chi connectivity index (χ2n) is 6.75. The van der Waals surface area contributed by atoms with Crippen LogP contribution in [0.2, 0.25) is 0 Å². The molecule has 0 radical (unpaired) electrons. The summed E-state index contributed by atoms with van der Waals surface area (Å²) in [6.45, 7) is 7.41. The third-order valence-electron chi connectivity index (χ3n) is 5.15. The number of ether oxygens (including phenoxy) is 2. The third kappa shape index (κ3) is 3.08. The van der Waals surface area contributed by atoms with Crippen molar-refractivity contribution in [2.24, 2.45) is 0 Å². The topological polar surface area (TPSA) is 24.9 Å². The normalized spacial score (nSPS) is 26.3. The second kappa shape index (κ2) is 6.47. The van der Waals surface area contributed by atoms with Crippen LogP contribution < -0.4 is 9.47 Å². The largest absolute Gasteiger partial charge is 0.486 e. The minimum Gasteiger partial charge on any atom is -0.486 e. The first-order valence-corrected chi connectivity index (χ1v) is 8.73. The van der Waals surface area contributed by atoms with Crippen molar-refractivity contribution in [1.82, 2.24) is 9.80 Å². The summed E-state index contributed by atoms with van der Waals surface area (Å²) in [6, 6.07) is 7.18. The molecule has 3 heterocycles. The molecule has 1 unspecified atom stereocenters. The lowest BCUT2D eigenvalue weighted by atomic mass is 10.0. The summed E-state index contributed by atoms with van der Waals surface area (Å²) in [5.41, 5.74) is 1.34. The van der Waals surface area contributed by atoms with Crippen LogP contribution in [0.15, 0.2) is 18.2 Å². The minimum absolute atomic E-state index is 0.663. The van der Waals surface area contributed by atoms with Gasteiger partial charge in [0.05, 0.1) is 0 Å². The standard InChI is InChI=1S/C18H26N2O2/c1-2-9-20(8-1)16-4-3-7-19(14-16)13-15-5-6-17-18(12-15)22-11-10-21-17/h5-6,12,16H,1-4,7-11,13-14H2. The van der Waals surface area contributed by atoms with Gasteiger partial charge in [-0.25, -0.2) is 0 Å². The van der Waals surface area contributed by atoms with Crippen LogP contribution in [0.25, 0.3) is 0 Å². The highest BCUT2D eigenvalue weighted by Crippen LogP contribution is 2.31. The molecule has 0 saturated carbocycles. The molecule has 1 aromatic rings. The van der Waals surface area contributed by atoms with Gasteiger partial charge in [-0.1, -0.05) is 6.07 Å². The molecule has 0 N–H and O–H groups in total. The van der Waals surface area contributed by atoms with Crippen molar-refractivity contribution in [3.63, 3.8) is 0 Å². The number of nitrogens with zero attached hydrogens (tertiary/aromatic N) is 2. The zero-order chi connectivity index (χ0) is 14.8. The molecule has 0 amide bonds. The van der Waals surface area contributed by atoms with Gasteiger partial charge in [0, 0.05) is 19.1 Å². The van der Waals surface area contributed by atoms with Crippen LogP contribution in [0.5, 0.6) is 11.5 Å². The van der Waals surface area contributed by atoms with Crippen LogP contribution in [0, 0.1) is 0 Å². The first kappa shape index (κ1) is 14.3. The average molecular weight is 302 g/mol. The number of hydrogen-bond donors (Lipinski definition) is 0. The molecular formula is C18H26N2O2. The van der Waals surface area contributed by atoms with E-state index in [4.69, 9.17) is 9.47 Å². The molecule has 0 spiro atoms. The Morgan fingerprint density at radius 2 is 1.77 bits per heavy atom. The van der Waals surface area contributed by atoms with Crippen LogP contribution >= 0.6 is 0 Å². The Balaban J connectivity index is 1.39. The van der Waals surface area contributed by atoms with Crippen molar-refractivity contribution in [2.45, 2.75) is 38.3 Å². The van der Waals surface area contributed by atoms with E-state index in [1.165, 1.54) is 57.4 Å². The maximum atomic E-state index is 5.70. The maximum absolute atomic E-state index is 5.70. The van der Waals surface area contributed by atoms with Gasteiger partial charge in [0.2, 0.25) is 0 Å². The fourth-order valence-electron chi connectivity index (χ4n) is 4.02. The fraction of sp³-hybridized carbons (Fsp3) is 0.667. The zero-order valence-corrected chi connectivity index (χ0v) is 13.3. The van der Waals surface area contributed by atoms with Crippen LogP contribution in [0.1, 0.15) is 31.2 Å². The highest BCUT2D eigenvalue weighted by Gasteiger charge is 2.27. The first-order valence-electron chi connectivity index (χ1n) is 8.73. The molecule has 3 aliphatic heterocycles. The lowest BCUT2D eigenvalue weighted by Gasteiger charge is -2.37. The molecule has 3 aliphatic rings. The van der Waals surface area contributed by atoms with E-state index in [1.807, 2.05) is 0 Å². The van der Waals surface area contributed by atoms with E-state index in [0.29, 0.717) is 13.2 Å². The Kier molecular flexibility index (Phi) is 4.22. The van der Waals surface area contributed by atoms with E-state index >= 15 is 0 Å². The van der Waals surface area contributed by atoms with E-state index in [1.54, 1.807) is 0 Å². The van der Waals surface area contributed by atoms with E-state index in [0.717, 1.165) is 24.1 Å². The van der Waals surface area contributed by atoms with Crippen molar-refractivity contribution in [2.75, 3.05) is 39.4 Å². The van der Waals surface area contributed by atoms with E-state index in [2.05, 4.69) is 28.0 Å². The summed E-state index contributed by atoms with van der Waals surface area (Å²) in [7, 11) is 0. The number of hydrogen-bond acceptors (Lipinski definition) is 4. The first-order chi connectivity index (χ1) is 10.9. The van der Waals surface area contributed by atoms with Gasteiger partial charge in [-0.2, -0.15) is 0 Å². The SMILES string of the molecule is c1cc2c(cc1CN1CCCC(N3CCCC3)C1)OCCO2. The Bertz CT molecular complexity index is 514. The predicted octanol–water partition coefficient (Wildman–Crippen LogP) is 2.52. The summed E-state index contributed by atoms with van der Waals surface area (Å²) in [6.07, 6.45) is 5.47. The smallest absolute Gasteiger partial charge is 0.161 e. The van der Waals surface area contributed by atoms with Gasteiger partial charge < -0.3 is 9.47 Å². The van der Waals surface area contributed by atoms with Gasteiger partial charge in [0.25, 0.3) is 0 Å². The average Bonchev–Trinajstić information content (AvgIpc) is 3.10. The summed E-state index contributed by atoms with van der Waals surface area (Å²) in [5.74, 6) is 1.81. The Morgan fingerprint density at radius 3 is 2.64 bits per heavy atom. The van der Waals surface area contributed by atoms with Crippen LogP contribution in [-0.2, 0) is 6.54 Å². The van der Waals surface area contributed by atoms with Crippen LogP contribution in [-0.4, -0.2) is 55.2 Å². The molecule has 4 rings (SSSR count). The molecule has 0 bridgehead atoms. The number of rotatable bonds is 3. The zero-order valence-electron chi connectivity index (χ0n) is 13.3. The van der Waals surface area contributed by atoms with Crippen molar-refractivity contribution >= 4 is 0 Å². The molecule has 2 fully saturated rings. The van der Waals surface area contributed by atoms with Gasteiger partial charge in [-0.3, -0.25) is 9.80 Å². The number of piperidine rings is 1. The third-order valence-corrected chi connectivity index (χ3v) is 5.15. The molecule has 120 valence electrons. The van der Waals surface area contributed by atoms with E-state index in [-0.39, 0.29) is 0 Å². The summed E-state index contributed by atoms with van der Waals surface area (Å²) < 4.78 is 11.3. The molecule has 22 heavy (non-hydrogen) atoms. The molecule has 2 saturated heterocycles. The van der Waals surface area contributed by atoms with Crippen molar-refractivity contribution in [3.05, 3.63) is 23.8 Å². The molecule has 1 atom stereocenters. The second-order valence-corrected chi connectivity index (χ2v) is 6.75. The van der Waals surface area contributed by atoms with Crippen molar-refractivity contribution in [1.29, 1.82) is 0 Å². The lowest BCUT2D eigenvalue weighted by molar-refractivity contribution is 0.110. The van der Waals surface area contributed by atoms with Crippen molar-refractivity contribution in [3.8, 4) is 11.5 Å². The maximum Gasteiger partial charge on any atom is 0.161 e. The quantitative estimate of drug-likeness (QED) is 0.856. The number of fused-ring (bicyclic) bond motifs is 1. The molecular weight excluding hydrogens is 276 g/mol. The predicted molar refractivity (Wildman–Crippen MR) is 86.5 cm³/mol. The van der Waals surface area contributed by atoms with Gasteiger partial charge >= 0.3 is 0 Å². The molecule has 0 aliphatic carbocycles. The molecule has 4 nitrogen and oxygen atoms in total. The summed E-state index contributed by atoms with van der Waals surface area (Å²) in [5, 5.41) is 0. The van der Waals surface area contributed by atoms with Crippen LogP contribution in [0.4, 0.5) is 0 Å². The van der Waals surface area contributed by atoms with Gasteiger partial charge in [0.1, 0.15) is 13.2 Å². The van der Waals surface area contributed by atoms with E-state index in [9.17, 15) is 0 Å². The monoisotopic (exact) mass is 302 g/mol. The highest BCUT2D eigenvalue weighted by atomic mass is 16.6. The summed E-state index contributed by atoms with van der Waals surface area (Å²) in [4.78, 5) is 5.31. The molecule has 1 aromatic carbocycles. The van der Waals surface area contributed by atoms with Crippen LogP contribution in [0.3, 0.4) is 0 Å². The number of benzene rings is 1. The van der Waals surface area contributed by atoms with Gasteiger partial charge in [0.15, 0.2) is 11.5 Å². The minimum atomic E-state index is 0.663. The fourth-order valence-corrected chi connectivity index (χ4v) is 4.02. The number of likely N-dealkylation sites (tertiary alicyclic amines) is 2. The molecule has 4 heteroatoms. The molecule has 0 aromatic heterocycles. The summed E-state index contributed by atoms with van der Waals surface area (Å²) >= 11 is 0. The Labute approximate surface area is 133 Å². The van der Waals surface area contributed by atoms with E-state index < -0.39 is 0 Å². The van der Waals surface area contributed by atoms with Gasteiger partial charge in [-0.05, 0) is 63.0 Å².